The number of nitrogens with zero attached hydrogens (tertiary/aromatic N) is 2. The number of nitrogens with one attached hydrogen (secondary N) is 1. The highest BCUT2D eigenvalue weighted by Crippen LogP contribution is 2.27. The quantitative estimate of drug-likeness (QED) is 0.322. The van der Waals surface area contributed by atoms with Gasteiger partial charge in [0.1, 0.15) is 12.6 Å². The Hall–Kier alpha value is -2.59. The molecule has 3 rings (SSSR count). The van der Waals surface area contributed by atoms with E-state index in [0.29, 0.717) is 27.7 Å². The summed E-state index contributed by atoms with van der Waals surface area (Å²) in [6.07, 6.45) is 0.306. The lowest BCUT2D eigenvalue weighted by atomic mass is 10.1. The van der Waals surface area contributed by atoms with E-state index in [0.717, 1.165) is 8.78 Å². The van der Waals surface area contributed by atoms with E-state index in [2.05, 4.69) is 21.2 Å². The molecule has 1 N–H and O–H groups in total. The number of anilines is 1. The van der Waals surface area contributed by atoms with Crippen LogP contribution >= 0.6 is 39.1 Å². The van der Waals surface area contributed by atoms with Crippen molar-refractivity contribution in [3.63, 3.8) is 0 Å². The van der Waals surface area contributed by atoms with E-state index < -0.39 is 28.5 Å². The van der Waals surface area contributed by atoms with Crippen LogP contribution in [-0.4, -0.2) is 44.8 Å². The fourth-order valence-corrected chi connectivity index (χ4v) is 5.94. The molecule has 1 atom stereocenters. The minimum atomic E-state index is -4.11. The van der Waals surface area contributed by atoms with Gasteiger partial charge in [0.15, 0.2) is 0 Å². The van der Waals surface area contributed by atoms with Crippen LogP contribution < -0.4 is 9.62 Å². The van der Waals surface area contributed by atoms with Gasteiger partial charge in [0.2, 0.25) is 11.8 Å². The molecule has 0 spiro atoms. The minimum Gasteiger partial charge on any atom is -0.357 e. The summed E-state index contributed by atoms with van der Waals surface area (Å²) in [5.74, 6) is -0.939. The first-order valence-corrected chi connectivity index (χ1v) is 14.4. The number of amides is 2. The molecule has 0 saturated carbocycles. The van der Waals surface area contributed by atoms with Crippen LogP contribution in [0.2, 0.25) is 10.0 Å². The number of halogens is 3. The summed E-state index contributed by atoms with van der Waals surface area (Å²) >= 11 is 15.8. The third kappa shape index (κ3) is 7.04. The van der Waals surface area contributed by atoms with Crippen molar-refractivity contribution in [2.45, 2.75) is 30.8 Å². The molecule has 37 heavy (non-hydrogen) atoms. The number of likely N-dealkylation sites (N-methyl/N-ethyl adjacent to an activating group) is 1. The fraction of sp³-hybridized carbons (Fsp3) is 0.231. The second kappa shape index (κ2) is 12.8. The molecule has 11 heteroatoms. The smallest absolute Gasteiger partial charge is 0.264 e. The van der Waals surface area contributed by atoms with E-state index in [-0.39, 0.29) is 17.3 Å². The van der Waals surface area contributed by atoms with Crippen LogP contribution in [0.5, 0.6) is 0 Å². The lowest BCUT2D eigenvalue weighted by Gasteiger charge is -2.33. The van der Waals surface area contributed by atoms with E-state index in [1.807, 2.05) is 0 Å². The van der Waals surface area contributed by atoms with Crippen LogP contribution in [0.1, 0.15) is 18.9 Å². The molecule has 0 heterocycles. The molecule has 0 unspecified atom stereocenters. The Balaban J connectivity index is 2.06. The summed E-state index contributed by atoms with van der Waals surface area (Å²) < 4.78 is 29.2. The van der Waals surface area contributed by atoms with E-state index >= 15 is 0 Å². The van der Waals surface area contributed by atoms with Gasteiger partial charge in [0.05, 0.1) is 10.6 Å². The molecule has 0 radical (unpaired) electrons. The lowest BCUT2D eigenvalue weighted by molar-refractivity contribution is -0.140. The highest BCUT2D eigenvalue weighted by molar-refractivity contribution is 9.10. The molecule has 0 aromatic heterocycles. The second-order valence-corrected chi connectivity index (χ2v) is 11.7. The summed E-state index contributed by atoms with van der Waals surface area (Å²) in [6.45, 7) is 1.23. The number of benzene rings is 3. The number of hydrogen-bond acceptors (Lipinski definition) is 4. The largest absolute Gasteiger partial charge is 0.357 e. The van der Waals surface area contributed by atoms with Gasteiger partial charge in [0, 0.05) is 28.1 Å². The molecular weight excluding hydrogens is 601 g/mol. The molecule has 3 aromatic carbocycles. The number of carbonyl (C=O) groups excluding carboxylic acids is 2. The topological polar surface area (TPSA) is 86.8 Å². The predicted molar refractivity (Wildman–Crippen MR) is 150 cm³/mol. The molecule has 0 fully saturated rings. The average Bonchev–Trinajstić information content (AvgIpc) is 2.89. The van der Waals surface area contributed by atoms with Gasteiger partial charge in [-0.1, -0.05) is 70.3 Å². The van der Waals surface area contributed by atoms with Crippen LogP contribution in [-0.2, 0) is 26.2 Å². The van der Waals surface area contributed by atoms with Crippen LogP contribution in [0.15, 0.2) is 82.2 Å². The van der Waals surface area contributed by atoms with E-state index in [1.165, 1.54) is 24.1 Å². The van der Waals surface area contributed by atoms with Crippen LogP contribution in [0.4, 0.5) is 5.69 Å². The van der Waals surface area contributed by atoms with Gasteiger partial charge >= 0.3 is 0 Å². The molecule has 0 bridgehead atoms. The molecule has 7 nitrogen and oxygen atoms in total. The summed E-state index contributed by atoms with van der Waals surface area (Å²) in [5, 5.41) is 3.35. The maximum atomic E-state index is 13.8. The summed E-state index contributed by atoms with van der Waals surface area (Å²) in [6, 6.07) is 18.5. The zero-order chi connectivity index (χ0) is 27.2. The Bertz CT molecular complexity index is 1360. The Kier molecular flexibility index (Phi) is 10.0. The lowest BCUT2D eigenvalue weighted by Crippen LogP contribution is -2.51. The molecular formula is C26H26BrCl2N3O4S. The van der Waals surface area contributed by atoms with Crippen LogP contribution in [0.3, 0.4) is 0 Å². The predicted octanol–water partition coefficient (Wildman–Crippen LogP) is 5.50. The van der Waals surface area contributed by atoms with Crippen molar-refractivity contribution >= 4 is 66.7 Å². The number of carbonyl (C=O) groups is 2. The number of rotatable bonds is 10. The molecule has 0 aliphatic rings. The first kappa shape index (κ1) is 29.0. The zero-order valence-corrected chi connectivity index (χ0v) is 24.1. The standard InChI is InChI=1S/C26H26BrCl2N3O4S/c1-3-24(26(34)30-2)31(16-18-9-12-20(28)15-23(18)29)25(33)17-32(21-13-10-19(27)11-14-21)37(35,36)22-7-5-4-6-8-22/h4-15,24H,3,16-17H2,1-2H3,(H,30,34)/t24-/m1/s1. The van der Waals surface area contributed by atoms with Crippen molar-refractivity contribution in [2.75, 3.05) is 17.9 Å². The Morgan fingerprint density at radius 2 is 1.65 bits per heavy atom. The second-order valence-electron chi connectivity index (χ2n) is 8.10. The first-order chi connectivity index (χ1) is 17.6. The molecule has 2 amide bonds. The van der Waals surface area contributed by atoms with E-state index in [9.17, 15) is 18.0 Å². The monoisotopic (exact) mass is 625 g/mol. The highest BCUT2D eigenvalue weighted by Gasteiger charge is 2.33. The molecule has 0 aliphatic carbocycles. The molecule has 0 saturated heterocycles. The summed E-state index contributed by atoms with van der Waals surface area (Å²) in [5.41, 5.74) is 0.876. The van der Waals surface area contributed by atoms with Crippen molar-refractivity contribution in [2.24, 2.45) is 0 Å². The maximum Gasteiger partial charge on any atom is 0.264 e. The number of hydrogen-bond donors (Lipinski definition) is 1. The van der Waals surface area contributed by atoms with Crippen molar-refractivity contribution in [3.05, 3.63) is 92.9 Å². The fourth-order valence-electron chi connectivity index (χ4n) is 3.78. The first-order valence-electron chi connectivity index (χ1n) is 11.4. The van der Waals surface area contributed by atoms with Crippen molar-refractivity contribution < 1.29 is 18.0 Å². The van der Waals surface area contributed by atoms with E-state index in [1.54, 1.807) is 67.6 Å². The van der Waals surface area contributed by atoms with Crippen molar-refractivity contribution in [1.29, 1.82) is 0 Å². The molecule has 3 aromatic rings. The Morgan fingerprint density at radius 1 is 1.00 bits per heavy atom. The van der Waals surface area contributed by atoms with Gasteiger partial charge in [-0.25, -0.2) is 8.42 Å². The molecule has 0 aliphatic heterocycles. The molecule has 196 valence electrons. The van der Waals surface area contributed by atoms with Gasteiger partial charge in [-0.05, 0) is 60.5 Å². The van der Waals surface area contributed by atoms with Crippen molar-refractivity contribution in [3.8, 4) is 0 Å². The van der Waals surface area contributed by atoms with Crippen LogP contribution in [0.25, 0.3) is 0 Å². The van der Waals surface area contributed by atoms with E-state index in [4.69, 9.17) is 23.2 Å². The minimum absolute atomic E-state index is 0.0136. The van der Waals surface area contributed by atoms with Crippen molar-refractivity contribution in [1.82, 2.24) is 10.2 Å². The zero-order valence-electron chi connectivity index (χ0n) is 20.2. The van der Waals surface area contributed by atoms with Crippen LogP contribution in [0, 0.1) is 0 Å². The van der Waals surface area contributed by atoms with Gasteiger partial charge in [-0.15, -0.1) is 0 Å². The highest BCUT2D eigenvalue weighted by atomic mass is 79.9. The summed E-state index contributed by atoms with van der Waals surface area (Å²) in [7, 11) is -2.63. The van der Waals surface area contributed by atoms with Gasteiger partial charge in [0.25, 0.3) is 10.0 Å². The Labute approximate surface area is 235 Å². The Morgan fingerprint density at radius 3 is 2.22 bits per heavy atom. The third-order valence-corrected chi connectivity index (χ3v) is 8.62. The average molecular weight is 627 g/mol. The van der Waals surface area contributed by atoms with Gasteiger partial charge in [-0.3, -0.25) is 13.9 Å². The van der Waals surface area contributed by atoms with Gasteiger partial charge < -0.3 is 10.2 Å². The maximum absolute atomic E-state index is 13.8. The number of sulfonamides is 1. The summed E-state index contributed by atoms with van der Waals surface area (Å²) in [4.78, 5) is 28.0. The normalized spacial score (nSPS) is 12.0. The van der Waals surface area contributed by atoms with Gasteiger partial charge in [-0.2, -0.15) is 0 Å². The SMILES string of the molecule is CC[C@H](C(=O)NC)N(Cc1ccc(Cl)cc1Cl)C(=O)CN(c1ccc(Br)cc1)S(=O)(=O)c1ccccc1. The third-order valence-electron chi connectivity index (χ3n) is 5.71.